The standard InChI is InChI=1S/C16H33NO3S/c1-4-5-6-7-8-9-10-11-12-14-17(2,3)15-13-16-21(18,19)20/h4H,1,5-16H2,2-3H3/p+1. The van der Waals surface area contributed by atoms with Gasteiger partial charge in [0.25, 0.3) is 10.1 Å². The van der Waals surface area contributed by atoms with Crippen LogP contribution in [0, 0.1) is 0 Å². The molecule has 0 aliphatic carbocycles. The van der Waals surface area contributed by atoms with E-state index in [1.165, 1.54) is 44.9 Å². The molecule has 0 amide bonds. The normalized spacial score (nSPS) is 12.5. The predicted molar refractivity (Wildman–Crippen MR) is 90.0 cm³/mol. The summed E-state index contributed by atoms with van der Waals surface area (Å²) >= 11 is 0. The Labute approximate surface area is 131 Å². The van der Waals surface area contributed by atoms with Gasteiger partial charge in [-0.25, -0.2) is 0 Å². The van der Waals surface area contributed by atoms with Gasteiger partial charge >= 0.3 is 0 Å². The molecule has 0 atom stereocenters. The summed E-state index contributed by atoms with van der Waals surface area (Å²) in [5, 5.41) is 0. The van der Waals surface area contributed by atoms with Crippen LogP contribution in [0.3, 0.4) is 0 Å². The van der Waals surface area contributed by atoms with E-state index in [0.717, 1.165) is 24.0 Å². The van der Waals surface area contributed by atoms with Gasteiger partial charge in [0.05, 0.1) is 32.9 Å². The molecule has 0 aromatic heterocycles. The summed E-state index contributed by atoms with van der Waals surface area (Å²) in [6, 6.07) is 0. The fourth-order valence-electron chi connectivity index (χ4n) is 2.50. The number of nitrogens with zero attached hydrogens (tertiary/aromatic N) is 1. The lowest BCUT2D eigenvalue weighted by molar-refractivity contribution is -0.890. The average molecular weight is 321 g/mol. The highest BCUT2D eigenvalue weighted by Gasteiger charge is 2.15. The minimum Gasteiger partial charge on any atom is -0.328 e. The van der Waals surface area contributed by atoms with Crippen LogP contribution in [0.5, 0.6) is 0 Å². The molecule has 0 aromatic rings. The van der Waals surface area contributed by atoms with Crippen molar-refractivity contribution in [3.05, 3.63) is 12.7 Å². The van der Waals surface area contributed by atoms with E-state index in [-0.39, 0.29) is 5.75 Å². The molecule has 0 aliphatic rings. The fraction of sp³-hybridized carbons (Fsp3) is 0.875. The highest BCUT2D eigenvalue weighted by molar-refractivity contribution is 7.85. The van der Waals surface area contributed by atoms with Gasteiger partial charge in [0, 0.05) is 6.42 Å². The molecule has 0 saturated heterocycles. The zero-order valence-electron chi connectivity index (χ0n) is 13.9. The molecule has 0 aliphatic heterocycles. The summed E-state index contributed by atoms with van der Waals surface area (Å²) in [6.45, 7) is 5.59. The first-order chi connectivity index (χ1) is 9.77. The van der Waals surface area contributed by atoms with E-state index >= 15 is 0 Å². The Kier molecular flexibility index (Phi) is 11.0. The van der Waals surface area contributed by atoms with Crippen molar-refractivity contribution in [2.24, 2.45) is 0 Å². The van der Waals surface area contributed by atoms with Gasteiger partial charge in [0.1, 0.15) is 0 Å². The molecular formula is C16H34NO3S+. The lowest BCUT2D eigenvalue weighted by Crippen LogP contribution is -2.41. The molecule has 5 heteroatoms. The molecule has 0 aromatic carbocycles. The van der Waals surface area contributed by atoms with Crippen molar-refractivity contribution < 1.29 is 17.5 Å². The maximum Gasteiger partial charge on any atom is 0.265 e. The summed E-state index contributed by atoms with van der Waals surface area (Å²) < 4.78 is 30.9. The molecule has 0 bridgehead atoms. The van der Waals surface area contributed by atoms with E-state index in [1.54, 1.807) is 0 Å². The molecule has 0 spiro atoms. The van der Waals surface area contributed by atoms with Crippen molar-refractivity contribution in [1.82, 2.24) is 0 Å². The average Bonchev–Trinajstić information content (AvgIpc) is 2.35. The third kappa shape index (κ3) is 15.8. The smallest absolute Gasteiger partial charge is 0.265 e. The number of hydrogen-bond acceptors (Lipinski definition) is 2. The summed E-state index contributed by atoms with van der Waals surface area (Å²) in [5.74, 6) is -0.126. The number of quaternary nitrogens is 1. The van der Waals surface area contributed by atoms with E-state index < -0.39 is 10.1 Å². The Bertz CT molecular complexity index is 364. The zero-order valence-corrected chi connectivity index (χ0v) is 14.7. The van der Waals surface area contributed by atoms with E-state index in [1.807, 2.05) is 6.08 Å². The number of allylic oxidation sites excluding steroid dienone is 1. The summed E-state index contributed by atoms with van der Waals surface area (Å²) in [5.41, 5.74) is 0. The minimum atomic E-state index is -3.80. The first-order valence-corrected chi connectivity index (χ1v) is 9.76. The lowest BCUT2D eigenvalue weighted by atomic mass is 10.1. The third-order valence-electron chi connectivity index (χ3n) is 3.84. The first-order valence-electron chi connectivity index (χ1n) is 8.15. The van der Waals surface area contributed by atoms with Gasteiger partial charge in [-0.05, 0) is 25.7 Å². The van der Waals surface area contributed by atoms with Crippen LogP contribution in [0.25, 0.3) is 0 Å². The van der Waals surface area contributed by atoms with E-state index in [4.69, 9.17) is 4.55 Å². The van der Waals surface area contributed by atoms with Gasteiger partial charge in [0.2, 0.25) is 0 Å². The maximum absolute atomic E-state index is 10.7. The van der Waals surface area contributed by atoms with Gasteiger partial charge in [0.15, 0.2) is 0 Å². The molecule has 0 saturated carbocycles. The Morgan fingerprint density at radius 3 is 1.90 bits per heavy atom. The van der Waals surface area contributed by atoms with Crippen LogP contribution in [0.4, 0.5) is 0 Å². The van der Waals surface area contributed by atoms with Crippen LogP contribution in [-0.2, 0) is 10.1 Å². The van der Waals surface area contributed by atoms with Crippen LogP contribution in [-0.4, -0.2) is 50.4 Å². The summed E-state index contributed by atoms with van der Waals surface area (Å²) in [6.07, 6.45) is 12.6. The molecule has 0 rings (SSSR count). The second-order valence-electron chi connectivity index (χ2n) is 6.57. The highest BCUT2D eigenvalue weighted by atomic mass is 32.2. The molecule has 21 heavy (non-hydrogen) atoms. The van der Waals surface area contributed by atoms with Crippen molar-refractivity contribution in [1.29, 1.82) is 0 Å². The van der Waals surface area contributed by atoms with Crippen molar-refractivity contribution >= 4 is 10.1 Å². The van der Waals surface area contributed by atoms with Crippen LogP contribution >= 0.6 is 0 Å². The molecule has 0 fully saturated rings. The van der Waals surface area contributed by atoms with Gasteiger partial charge in [-0.15, -0.1) is 6.58 Å². The zero-order chi connectivity index (χ0) is 16.2. The lowest BCUT2D eigenvalue weighted by Gasteiger charge is -2.29. The van der Waals surface area contributed by atoms with E-state index in [0.29, 0.717) is 6.42 Å². The molecule has 126 valence electrons. The van der Waals surface area contributed by atoms with Crippen molar-refractivity contribution in [3.63, 3.8) is 0 Å². The predicted octanol–water partition coefficient (Wildman–Crippen LogP) is 3.65. The molecule has 4 nitrogen and oxygen atoms in total. The molecular weight excluding hydrogens is 286 g/mol. The largest absolute Gasteiger partial charge is 0.328 e. The highest BCUT2D eigenvalue weighted by Crippen LogP contribution is 2.11. The van der Waals surface area contributed by atoms with Crippen LogP contribution in [0.15, 0.2) is 12.7 Å². The number of hydrogen-bond donors (Lipinski definition) is 1. The molecule has 0 heterocycles. The third-order valence-corrected chi connectivity index (χ3v) is 4.64. The SMILES string of the molecule is C=CCCCCCCCCC[N+](C)(C)CCCS(=O)(=O)O. The maximum atomic E-state index is 10.7. The molecule has 1 N–H and O–H groups in total. The summed E-state index contributed by atoms with van der Waals surface area (Å²) in [4.78, 5) is 0. The number of rotatable bonds is 14. The Balaban J connectivity index is 3.50. The topological polar surface area (TPSA) is 54.4 Å². The number of unbranched alkanes of at least 4 members (excludes halogenated alkanes) is 7. The Morgan fingerprint density at radius 2 is 1.38 bits per heavy atom. The second kappa shape index (κ2) is 11.2. The Morgan fingerprint density at radius 1 is 0.905 bits per heavy atom. The minimum absolute atomic E-state index is 0.126. The van der Waals surface area contributed by atoms with Crippen LogP contribution in [0.1, 0.15) is 57.8 Å². The monoisotopic (exact) mass is 320 g/mol. The van der Waals surface area contributed by atoms with E-state index in [9.17, 15) is 8.42 Å². The first kappa shape index (κ1) is 20.6. The van der Waals surface area contributed by atoms with Crippen LogP contribution < -0.4 is 0 Å². The second-order valence-corrected chi connectivity index (χ2v) is 8.15. The molecule has 0 radical (unpaired) electrons. The Hall–Kier alpha value is -0.390. The van der Waals surface area contributed by atoms with Crippen molar-refractivity contribution in [3.8, 4) is 0 Å². The fourth-order valence-corrected chi connectivity index (χ4v) is 2.99. The van der Waals surface area contributed by atoms with Gasteiger partial charge in [-0.2, -0.15) is 8.42 Å². The van der Waals surface area contributed by atoms with Crippen molar-refractivity contribution in [2.45, 2.75) is 57.8 Å². The quantitative estimate of drug-likeness (QED) is 0.230. The van der Waals surface area contributed by atoms with Gasteiger partial charge in [-0.1, -0.05) is 31.8 Å². The van der Waals surface area contributed by atoms with Gasteiger partial charge < -0.3 is 4.48 Å². The van der Waals surface area contributed by atoms with E-state index in [2.05, 4.69) is 20.7 Å². The van der Waals surface area contributed by atoms with Gasteiger partial charge in [-0.3, -0.25) is 4.55 Å². The van der Waals surface area contributed by atoms with Crippen molar-refractivity contribution in [2.75, 3.05) is 32.9 Å². The van der Waals surface area contributed by atoms with Crippen LogP contribution in [0.2, 0.25) is 0 Å². The molecule has 0 unspecified atom stereocenters. The summed E-state index contributed by atoms with van der Waals surface area (Å²) in [7, 11) is 0.444.